The van der Waals surface area contributed by atoms with Gasteiger partial charge in [-0.25, -0.2) is 9.78 Å². The highest BCUT2D eigenvalue weighted by atomic mass is 32.2. The molecule has 0 aliphatic heterocycles. The molecule has 0 fully saturated rings. The third-order valence-electron chi connectivity index (χ3n) is 5.43. The summed E-state index contributed by atoms with van der Waals surface area (Å²) in [6.45, 7) is 5.37. The van der Waals surface area contributed by atoms with Crippen molar-refractivity contribution < 1.29 is 23.7 Å². The van der Waals surface area contributed by atoms with E-state index in [4.69, 9.17) is 4.84 Å². The van der Waals surface area contributed by atoms with Gasteiger partial charge in [-0.05, 0) is 79.9 Å². The van der Waals surface area contributed by atoms with Crippen LogP contribution in [0, 0.1) is 13.8 Å². The molecule has 0 amide bonds. The van der Waals surface area contributed by atoms with Crippen LogP contribution in [0.5, 0.6) is 5.75 Å². The maximum atomic E-state index is 13.4. The number of benzene rings is 2. The van der Waals surface area contributed by atoms with Gasteiger partial charge in [-0.3, -0.25) is 14.0 Å². The van der Waals surface area contributed by atoms with Gasteiger partial charge in [0.25, 0.3) is 0 Å². The fraction of sp³-hybridized carbons (Fsp3) is 0.200. The van der Waals surface area contributed by atoms with Crippen molar-refractivity contribution in [2.45, 2.75) is 38.1 Å². The Morgan fingerprint density at radius 2 is 1.82 bits per heavy atom. The van der Waals surface area contributed by atoms with E-state index in [0.29, 0.717) is 16.7 Å². The van der Waals surface area contributed by atoms with Gasteiger partial charge in [0.15, 0.2) is 0 Å². The largest absolute Gasteiger partial charge is 0.508 e. The summed E-state index contributed by atoms with van der Waals surface area (Å²) in [7, 11) is -1.69. The molecule has 0 bridgehead atoms. The Balaban J connectivity index is 1.75. The summed E-state index contributed by atoms with van der Waals surface area (Å²) >= 11 is 0. The van der Waals surface area contributed by atoms with Crippen LogP contribution in [0.4, 0.5) is 0 Å². The van der Waals surface area contributed by atoms with Crippen LogP contribution in [0.25, 0.3) is 11.0 Å². The number of nitrogens with zero attached hydrogens (tertiary/aromatic N) is 3. The lowest BCUT2D eigenvalue weighted by molar-refractivity contribution is -0.116. The minimum absolute atomic E-state index is 0.00216. The number of hydrogen-bond acceptors (Lipinski definition) is 7. The van der Waals surface area contributed by atoms with Gasteiger partial charge in [0.1, 0.15) is 17.0 Å². The predicted octanol–water partition coefficient (Wildman–Crippen LogP) is 3.46. The number of Topliss-reactive ketones (excluding diaryl/α,β-unsaturated/α-hetero) is 1. The molecular weight excluding hydrogens is 454 g/mol. The third-order valence-corrected chi connectivity index (χ3v) is 6.63. The van der Waals surface area contributed by atoms with Crippen molar-refractivity contribution in [2.24, 2.45) is 0 Å². The predicted molar refractivity (Wildman–Crippen MR) is 127 cm³/mol. The molecule has 1 atom stereocenters. The molecular formula is C25H23N3O5S. The van der Waals surface area contributed by atoms with Crippen LogP contribution >= 0.6 is 0 Å². The third kappa shape index (κ3) is 4.89. The number of hydrogen-bond donors (Lipinski definition) is 1. The molecule has 174 valence electrons. The summed E-state index contributed by atoms with van der Waals surface area (Å²) in [6.07, 6.45) is 1.90. The maximum Gasteiger partial charge on any atom is 0.363 e. The molecule has 2 heterocycles. The number of aromatic nitrogens is 3. The average Bonchev–Trinajstić information content (AvgIpc) is 3.14. The molecule has 9 heteroatoms. The first-order chi connectivity index (χ1) is 16.2. The Hall–Kier alpha value is -3.85. The molecule has 4 rings (SSSR count). The Labute approximate surface area is 198 Å². The quantitative estimate of drug-likeness (QED) is 0.434. The second kappa shape index (κ2) is 9.56. The van der Waals surface area contributed by atoms with Gasteiger partial charge < -0.3 is 9.94 Å². The molecule has 0 aliphatic rings. The highest BCUT2D eigenvalue weighted by molar-refractivity contribution is 7.84. The normalized spacial score (nSPS) is 12.0. The molecule has 0 saturated heterocycles. The van der Waals surface area contributed by atoms with E-state index in [0.717, 1.165) is 16.7 Å². The van der Waals surface area contributed by atoms with Gasteiger partial charge in [0.2, 0.25) is 5.16 Å². The van der Waals surface area contributed by atoms with Crippen LogP contribution in [0.3, 0.4) is 0 Å². The summed E-state index contributed by atoms with van der Waals surface area (Å²) in [5.74, 6) is -0.587. The topological polar surface area (TPSA) is 111 Å². The van der Waals surface area contributed by atoms with Gasteiger partial charge in [-0.1, -0.05) is 6.07 Å². The molecule has 2 aromatic carbocycles. The van der Waals surface area contributed by atoms with Crippen molar-refractivity contribution >= 4 is 33.6 Å². The van der Waals surface area contributed by atoms with E-state index in [9.17, 15) is 18.9 Å². The summed E-state index contributed by atoms with van der Waals surface area (Å²) in [4.78, 5) is 38.8. The molecule has 0 aliphatic carbocycles. The number of carbonyl (C=O) groups is 2. The molecule has 0 saturated carbocycles. The van der Waals surface area contributed by atoms with Gasteiger partial charge in [0, 0.05) is 12.6 Å². The van der Waals surface area contributed by atoms with Crippen LogP contribution in [0.15, 0.2) is 59.9 Å². The van der Waals surface area contributed by atoms with Crippen LogP contribution < -0.4 is 4.84 Å². The first-order valence-corrected chi connectivity index (χ1v) is 11.9. The van der Waals surface area contributed by atoms with Crippen molar-refractivity contribution in [1.82, 2.24) is 14.7 Å². The van der Waals surface area contributed by atoms with E-state index in [1.807, 2.05) is 19.9 Å². The number of phenolic OH excluding ortho intramolecular Hbond substituents is 1. The number of fused-ring (bicyclic) bond motifs is 1. The molecule has 34 heavy (non-hydrogen) atoms. The lowest BCUT2D eigenvalue weighted by Crippen LogP contribution is -2.22. The first-order valence-electron chi connectivity index (χ1n) is 10.5. The van der Waals surface area contributed by atoms with Crippen LogP contribution in [0.2, 0.25) is 0 Å². The van der Waals surface area contributed by atoms with Gasteiger partial charge in [-0.2, -0.15) is 0 Å². The number of pyridine rings is 1. The number of aromatic hydroxyl groups is 1. The molecule has 1 N–H and O–H groups in total. The SMILES string of the molecule is CC(=O)Cc1ccc2c(c1)nc(S(=O)Cc1nccc(C)c1C)n2OC(=O)c1ccc(O)cc1. The summed E-state index contributed by atoms with van der Waals surface area (Å²) < 4.78 is 14.6. The van der Waals surface area contributed by atoms with Crippen LogP contribution in [0.1, 0.15) is 39.7 Å². The van der Waals surface area contributed by atoms with Crippen molar-refractivity contribution in [2.75, 3.05) is 0 Å². The Bertz CT molecular complexity index is 1430. The highest BCUT2D eigenvalue weighted by Gasteiger charge is 2.22. The second-order valence-corrected chi connectivity index (χ2v) is 9.35. The molecule has 2 aromatic heterocycles. The number of carbonyl (C=O) groups excluding carboxylic acids is 2. The second-order valence-electron chi connectivity index (χ2n) is 8.01. The number of phenols is 1. The maximum absolute atomic E-state index is 13.4. The first kappa shape index (κ1) is 23.3. The Kier molecular flexibility index (Phi) is 6.56. The fourth-order valence-electron chi connectivity index (χ4n) is 3.47. The number of ketones is 1. The zero-order valence-corrected chi connectivity index (χ0v) is 19.8. The van der Waals surface area contributed by atoms with Gasteiger partial charge in [0.05, 0.1) is 33.3 Å². The monoisotopic (exact) mass is 477 g/mol. The molecule has 4 aromatic rings. The fourth-order valence-corrected chi connectivity index (χ4v) is 4.66. The van der Waals surface area contributed by atoms with E-state index in [1.165, 1.54) is 35.9 Å². The smallest absolute Gasteiger partial charge is 0.363 e. The molecule has 0 radical (unpaired) electrons. The lowest BCUT2D eigenvalue weighted by Gasteiger charge is -2.10. The minimum Gasteiger partial charge on any atom is -0.508 e. The van der Waals surface area contributed by atoms with Gasteiger partial charge in [-0.15, -0.1) is 4.73 Å². The molecule has 8 nitrogen and oxygen atoms in total. The van der Waals surface area contributed by atoms with Crippen molar-refractivity contribution in [3.63, 3.8) is 0 Å². The van der Waals surface area contributed by atoms with Crippen LogP contribution in [-0.4, -0.2) is 35.8 Å². The molecule has 0 spiro atoms. The van der Waals surface area contributed by atoms with Crippen molar-refractivity contribution in [3.8, 4) is 5.75 Å². The number of rotatable bonds is 7. The van der Waals surface area contributed by atoms with E-state index < -0.39 is 16.8 Å². The minimum atomic E-state index is -1.69. The summed E-state index contributed by atoms with van der Waals surface area (Å²) in [5.41, 5.74) is 4.49. The lowest BCUT2D eigenvalue weighted by atomic mass is 10.1. The van der Waals surface area contributed by atoms with Crippen molar-refractivity contribution in [3.05, 3.63) is 82.7 Å². The molecule has 1 unspecified atom stereocenters. The zero-order valence-electron chi connectivity index (χ0n) is 18.9. The standard InChI is InChI=1S/C25H23N3O5S/c1-15-10-11-26-22(17(15)3)14-34(32)25-27-21-13-18(12-16(2)29)4-9-23(21)28(25)33-24(31)19-5-7-20(30)8-6-19/h4-11,13,30H,12,14H2,1-3H3. The summed E-state index contributed by atoms with van der Waals surface area (Å²) in [5, 5.41) is 9.55. The van der Waals surface area contributed by atoms with E-state index in [1.54, 1.807) is 24.4 Å². The van der Waals surface area contributed by atoms with Crippen LogP contribution in [-0.2, 0) is 27.8 Å². The van der Waals surface area contributed by atoms with Gasteiger partial charge >= 0.3 is 5.97 Å². The Morgan fingerprint density at radius 3 is 2.53 bits per heavy atom. The Morgan fingerprint density at radius 1 is 1.09 bits per heavy atom. The average molecular weight is 478 g/mol. The van der Waals surface area contributed by atoms with Crippen molar-refractivity contribution in [1.29, 1.82) is 0 Å². The van der Waals surface area contributed by atoms with E-state index in [-0.39, 0.29) is 34.4 Å². The number of aryl methyl sites for hydroxylation is 1. The number of imidazole rings is 1. The zero-order chi connectivity index (χ0) is 24.4. The highest BCUT2D eigenvalue weighted by Crippen LogP contribution is 2.23. The van der Waals surface area contributed by atoms with E-state index in [2.05, 4.69) is 9.97 Å². The van der Waals surface area contributed by atoms with E-state index >= 15 is 0 Å². The summed E-state index contributed by atoms with van der Waals surface area (Å²) in [6, 6.07) is 12.6.